The van der Waals surface area contributed by atoms with Crippen LogP contribution in [0.3, 0.4) is 0 Å². The highest BCUT2D eigenvalue weighted by molar-refractivity contribution is 5.79. The van der Waals surface area contributed by atoms with Crippen molar-refractivity contribution in [3.05, 3.63) is 64.5 Å². The van der Waals surface area contributed by atoms with Gasteiger partial charge in [0.1, 0.15) is 11.9 Å². The van der Waals surface area contributed by atoms with Gasteiger partial charge in [-0.25, -0.2) is 14.4 Å². The number of nitriles is 1. The zero-order chi connectivity index (χ0) is 18.8. The predicted octanol–water partition coefficient (Wildman–Crippen LogP) is 3.15. The first kappa shape index (κ1) is 17.3. The molecule has 0 bridgehead atoms. The Morgan fingerprint density at radius 3 is 2.31 bits per heavy atom. The highest BCUT2D eigenvalue weighted by Crippen LogP contribution is 2.30. The van der Waals surface area contributed by atoms with Crippen LogP contribution in [0.5, 0.6) is 0 Å². The molecule has 0 amide bonds. The molecule has 0 unspecified atom stereocenters. The molecule has 6 nitrogen and oxygen atoms in total. The van der Waals surface area contributed by atoms with Crippen molar-refractivity contribution in [2.45, 2.75) is 19.9 Å². The minimum absolute atomic E-state index is 0.00633. The largest absolute Gasteiger partial charge is 0.381 e. The quantitative estimate of drug-likeness (QED) is 0.783. The van der Waals surface area contributed by atoms with Crippen LogP contribution in [0.4, 0.5) is 10.2 Å². The van der Waals surface area contributed by atoms with Gasteiger partial charge in [-0.05, 0) is 44.2 Å². The topological polar surface area (TPSA) is 97.6 Å². The molecule has 3 aromatic rings. The number of anilines is 1. The Hall–Kier alpha value is -3.53. The molecule has 0 saturated heterocycles. The molecule has 2 heterocycles. The fourth-order valence-electron chi connectivity index (χ4n) is 2.59. The Labute approximate surface area is 149 Å². The summed E-state index contributed by atoms with van der Waals surface area (Å²) in [5, 5.41) is 9.24. The van der Waals surface area contributed by atoms with Crippen LogP contribution in [-0.4, -0.2) is 14.5 Å². The molecule has 2 N–H and O–H groups in total. The van der Waals surface area contributed by atoms with E-state index in [4.69, 9.17) is 5.73 Å². The van der Waals surface area contributed by atoms with Crippen molar-refractivity contribution in [1.29, 1.82) is 5.26 Å². The average Bonchev–Trinajstić information content (AvgIpc) is 2.62. The number of rotatable bonds is 3. The Morgan fingerprint density at radius 2 is 1.69 bits per heavy atom. The van der Waals surface area contributed by atoms with Gasteiger partial charge in [0, 0.05) is 29.4 Å². The summed E-state index contributed by atoms with van der Waals surface area (Å²) in [5.41, 5.74) is 7.70. The maximum atomic E-state index is 13.3. The van der Waals surface area contributed by atoms with Crippen molar-refractivity contribution in [2.75, 3.05) is 5.73 Å². The third-order valence-electron chi connectivity index (χ3n) is 3.91. The molecule has 3 rings (SSSR count). The summed E-state index contributed by atoms with van der Waals surface area (Å²) in [6.45, 7) is 3.78. The fourth-order valence-corrected chi connectivity index (χ4v) is 2.59. The molecule has 0 spiro atoms. The van der Waals surface area contributed by atoms with Crippen molar-refractivity contribution in [3.63, 3.8) is 0 Å². The molecule has 0 saturated carbocycles. The lowest BCUT2D eigenvalue weighted by Gasteiger charge is -2.14. The van der Waals surface area contributed by atoms with Crippen LogP contribution in [0.25, 0.3) is 22.5 Å². The maximum Gasteiger partial charge on any atom is 0.250 e. The van der Waals surface area contributed by atoms with Crippen molar-refractivity contribution in [3.8, 4) is 28.6 Å². The maximum absolute atomic E-state index is 13.3. The molecule has 26 heavy (non-hydrogen) atoms. The van der Waals surface area contributed by atoms with E-state index in [1.807, 2.05) is 19.9 Å². The van der Waals surface area contributed by atoms with Crippen molar-refractivity contribution >= 4 is 5.82 Å². The highest BCUT2D eigenvalue weighted by atomic mass is 19.1. The summed E-state index contributed by atoms with van der Waals surface area (Å²) >= 11 is 0. The molecule has 0 aliphatic carbocycles. The number of aromatic nitrogens is 3. The van der Waals surface area contributed by atoms with E-state index in [0.29, 0.717) is 22.5 Å². The molecule has 1 aromatic carbocycles. The number of hydrogen-bond donors (Lipinski definition) is 1. The van der Waals surface area contributed by atoms with Crippen LogP contribution in [0.1, 0.15) is 25.6 Å². The van der Waals surface area contributed by atoms with Gasteiger partial charge in [0.05, 0.1) is 11.4 Å². The first-order valence-corrected chi connectivity index (χ1v) is 7.97. The minimum atomic E-state index is -0.377. The van der Waals surface area contributed by atoms with E-state index >= 15 is 0 Å². The number of pyridine rings is 1. The number of nitrogens with zero attached hydrogens (tertiary/aromatic N) is 4. The standard InChI is InChI=1S/C19H16FN5O/c1-11(2)25-10-13(5-8-16(25)26)18-17(12-3-6-14(20)7-4-12)24-19(22)15(9-21)23-18/h3-8,10-11H,1-2H3,(H2,22,24). The number of halogens is 1. The Bertz CT molecular complexity index is 1060. The minimum Gasteiger partial charge on any atom is -0.381 e. The van der Waals surface area contributed by atoms with Crippen molar-refractivity contribution < 1.29 is 4.39 Å². The first-order valence-electron chi connectivity index (χ1n) is 7.97. The first-order chi connectivity index (χ1) is 12.4. The van der Waals surface area contributed by atoms with Gasteiger partial charge >= 0.3 is 0 Å². The molecule has 0 aliphatic rings. The Kier molecular flexibility index (Phi) is 4.50. The summed E-state index contributed by atoms with van der Waals surface area (Å²) in [5.74, 6) is -0.383. The molecule has 7 heteroatoms. The van der Waals surface area contributed by atoms with E-state index in [0.717, 1.165) is 0 Å². The summed E-state index contributed by atoms with van der Waals surface area (Å²) in [6, 6.07) is 10.7. The van der Waals surface area contributed by atoms with Crippen LogP contribution in [0.15, 0.2) is 47.4 Å². The molecule has 2 aromatic heterocycles. The van der Waals surface area contributed by atoms with E-state index < -0.39 is 0 Å². The lowest BCUT2D eigenvalue weighted by atomic mass is 10.0. The smallest absolute Gasteiger partial charge is 0.250 e. The molecule has 0 fully saturated rings. The van der Waals surface area contributed by atoms with Crippen LogP contribution in [-0.2, 0) is 0 Å². The van der Waals surface area contributed by atoms with Gasteiger partial charge in [-0.15, -0.1) is 0 Å². The summed E-state index contributed by atoms with van der Waals surface area (Å²) in [7, 11) is 0. The molecule has 0 atom stereocenters. The van der Waals surface area contributed by atoms with Crippen LogP contribution >= 0.6 is 0 Å². The van der Waals surface area contributed by atoms with E-state index in [1.54, 1.807) is 29.0 Å². The molecular weight excluding hydrogens is 333 g/mol. The Balaban J connectivity index is 2.29. The lowest BCUT2D eigenvalue weighted by Crippen LogP contribution is -2.20. The molecule has 0 aliphatic heterocycles. The molecule has 0 radical (unpaired) electrons. The van der Waals surface area contributed by atoms with E-state index in [1.165, 1.54) is 18.2 Å². The molecule has 130 valence electrons. The monoisotopic (exact) mass is 349 g/mol. The zero-order valence-electron chi connectivity index (χ0n) is 14.3. The van der Waals surface area contributed by atoms with Gasteiger partial charge in [-0.3, -0.25) is 4.79 Å². The van der Waals surface area contributed by atoms with Crippen molar-refractivity contribution in [1.82, 2.24) is 14.5 Å². The van der Waals surface area contributed by atoms with E-state index in [9.17, 15) is 14.4 Å². The van der Waals surface area contributed by atoms with Gasteiger partial charge in [0.2, 0.25) is 0 Å². The second-order valence-corrected chi connectivity index (χ2v) is 6.03. The van der Waals surface area contributed by atoms with Gasteiger partial charge in [-0.2, -0.15) is 5.26 Å². The SMILES string of the molecule is CC(C)n1cc(-c2nc(C#N)c(N)nc2-c2ccc(F)cc2)ccc1=O. The number of nitrogen functional groups attached to an aromatic ring is 1. The normalized spacial score (nSPS) is 10.7. The van der Waals surface area contributed by atoms with Gasteiger partial charge < -0.3 is 10.3 Å². The third kappa shape index (κ3) is 3.17. The average molecular weight is 349 g/mol. The van der Waals surface area contributed by atoms with Crippen LogP contribution in [0.2, 0.25) is 0 Å². The summed E-state index contributed by atoms with van der Waals surface area (Å²) in [4.78, 5) is 20.7. The van der Waals surface area contributed by atoms with Gasteiger partial charge in [0.25, 0.3) is 5.56 Å². The van der Waals surface area contributed by atoms with Crippen LogP contribution < -0.4 is 11.3 Å². The highest BCUT2D eigenvalue weighted by Gasteiger charge is 2.16. The summed E-state index contributed by atoms with van der Waals surface area (Å²) in [6.07, 6.45) is 1.67. The summed E-state index contributed by atoms with van der Waals surface area (Å²) < 4.78 is 14.8. The second-order valence-electron chi connectivity index (χ2n) is 6.03. The third-order valence-corrected chi connectivity index (χ3v) is 3.91. The van der Waals surface area contributed by atoms with E-state index in [2.05, 4.69) is 9.97 Å². The fraction of sp³-hybridized carbons (Fsp3) is 0.158. The van der Waals surface area contributed by atoms with Crippen LogP contribution in [0, 0.1) is 17.1 Å². The predicted molar refractivity (Wildman–Crippen MR) is 96.6 cm³/mol. The Morgan fingerprint density at radius 1 is 1.08 bits per heavy atom. The second kappa shape index (κ2) is 6.76. The van der Waals surface area contributed by atoms with Crippen molar-refractivity contribution in [2.24, 2.45) is 0 Å². The van der Waals surface area contributed by atoms with Gasteiger partial charge in [0.15, 0.2) is 11.5 Å². The lowest BCUT2D eigenvalue weighted by molar-refractivity contribution is 0.579. The van der Waals surface area contributed by atoms with Gasteiger partial charge in [-0.1, -0.05) is 0 Å². The van der Waals surface area contributed by atoms with E-state index in [-0.39, 0.29) is 28.9 Å². The number of nitrogens with two attached hydrogens (primary N) is 1. The molecular formula is C19H16FN5O. The number of benzene rings is 1. The number of hydrogen-bond acceptors (Lipinski definition) is 5. The zero-order valence-corrected chi connectivity index (χ0v) is 14.3.